The van der Waals surface area contributed by atoms with Crippen molar-refractivity contribution in [2.75, 3.05) is 20.8 Å². The van der Waals surface area contributed by atoms with Crippen LogP contribution in [-0.2, 0) is 21.4 Å². The fraction of sp³-hybridized carbons (Fsp3) is 0.304. The molecule has 0 radical (unpaired) electrons. The molecule has 3 nitrogen and oxygen atoms in total. The molecule has 1 N–H and O–H groups in total. The van der Waals surface area contributed by atoms with E-state index in [2.05, 4.69) is 72.1 Å². The van der Waals surface area contributed by atoms with Crippen molar-refractivity contribution in [1.29, 1.82) is 0 Å². The summed E-state index contributed by atoms with van der Waals surface area (Å²) in [6, 6.07) is 21.1. The highest BCUT2D eigenvalue weighted by Gasteiger charge is 2.32. The average Bonchev–Trinajstić information content (AvgIpc) is 2.72. The van der Waals surface area contributed by atoms with Crippen LogP contribution in [0.5, 0.6) is 0 Å². The maximum Gasteiger partial charge on any atom is 0.100 e. The first-order chi connectivity index (χ1) is 12.8. The van der Waals surface area contributed by atoms with Gasteiger partial charge in [0.15, 0.2) is 0 Å². The van der Waals surface area contributed by atoms with Crippen molar-refractivity contribution in [2.24, 2.45) is 0 Å². The number of hydrogen-bond donors (Lipinski definition) is 1. The quantitative estimate of drug-likeness (QED) is 0.708. The van der Waals surface area contributed by atoms with Gasteiger partial charge < -0.3 is 14.8 Å². The number of hydrogen-bond acceptors (Lipinski definition) is 3. The highest BCUT2D eigenvalue weighted by Crippen LogP contribution is 2.38. The summed E-state index contributed by atoms with van der Waals surface area (Å²) in [7, 11) is 3.46. The zero-order chi connectivity index (χ0) is 18.2. The SMILES string of the molecule is COC1=CC(CCNCc2ccccc2)(c2ccccc2)C=C(OC)C1. The van der Waals surface area contributed by atoms with Gasteiger partial charge in [0.2, 0.25) is 0 Å². The number of allylic oxidation sites excluding steroid dienone is 2. The second-order valence-electron chi connectivity index (χ2n) is 6.63. The van der Waals surface area contributed by atoms with Crippen molar-refractivity contribution in [3.8, 4) is 0 Å². The number of benzene rings is 2. The van der Waals surface area contributed by atoms with Crippen molar-refractivity contribution < 1.29 is 9.47 Å². The standard InChI is InChI=1S/C23H27NO2/c1-25-21-15-22(26-2)17-23(16-21,20-11-7-4-8-12-20)13-14-24-18-19-9-5-3-6-10-19/h3-12,16-17,24H,13-15,18H2,1-2H3. The van der Waals surface area contributed by atoms with Crippen molar-refractivity contribution >= 4 is 0 Å². The van der Waals surface area contributed by atoms with Crippen molar-refractivity contribution in [2.45, 2.75) is 24.8 Å². The van der Waals surface area contributed by atoms with Crippen LogP contribution in [0.1, 0.15) is 24.0 Å². The highest BCUT2D eigenvalue weighted by molar-refractivity contribution is 5.41. The lowest BCUT2D eigenvalue weighted by Crippen LogP contribution is -2.30. The molecule has 3 rings (SSSR count). The van der Waals surface area contributed by atoms with Gasteiger partial charge >= 0.3 is 0 Å². The first-order valence-corrected chi connectivity index (χ1v) is 9.07. The number of methoxy groups -OCH3 is 2. The molecule has 3 heteroatoms. The molecular formula is C23H27NO2. The van der Waals surface area contributed by atoms with E-state index < -0.39 is 0 Å². The van der Waals surface area contributed by atoms with E-state index in [9.17, 15) is 0 Å². The van der Waals surface area contributed by atoms with Gasteiger partial charge in [-0.1, -0.05) is 60.7 Å². The lowest BCUT2D eigenvalue weighted by molar-refractivity contribution is 0.225. The summed E-state index contributed by atoms with van der Waals surface area (Å²) >= 11 is 0. The molecule has 136 valence electrons. The molecule has 1 aliphatic rings. The van der Waals surface area contributed by atoms with Crippen LogP contribution in [0.15, 0.2) is 84.3 Å². The summed E-state index contributed by atoms with van der Waals surface area (Å²) in [5.74, 6) is 1.91. The molecule has 26 heavy (non-hydrogen) atoms. The fourth-order valence-corrected chi connectivity index (χ4v) is 3.48. The average molecular weight is 349 g/mol. The maximum absolute atomic E-state index is 5.60. The van der Waals surface area contributed by atoms with E-state index in [4.69, 9.17) is 9.47 Å². The molecule has 0 heterocycles. The lowest BCUT2D eigenvalue weighted by atomic mass is 9.74. The molecule has 0 saturated carbocycles. The third kappa shape index (κ3) is 4.36. The third-order valence-corrected chi connectivity index (χ3v) is 4.91. The topological polar surface area (TPSA) is 30.5 Å². The van der Waals surface area contributed by atoms with Crippen LogP contribution >= 0.6 is 0 Å². The predicted octanol–water partition coefficient (Wildman–Crippen LogP) is 4.57. The molecule has 0 bridgehead atoms. The Balaban J connectivity index is 1.79. The van der Waals surface area contributed by atoms with Crippen LogP contribution in [0, 0.1) is 0 Å². The Bertz CT molecular complexity index is 730. The summed E-state index contributed by atoms with van der Waals surface area (Å²) in [5.41, 5.74) is 2.33. The molecule has 0 unspecified atom stereocenters. The van der Waals surface area contributed by atoms with Gasteiger partial charge in [-0.2, -0.15) is 0 Å². The summed E-state index contributed by atoms with van der Waals surface area (Å²) in [5, 5.41) is 3.57. The molecule has 0 aromatic heterocycles. The van der Waals surface area contributed by atoms with Gasteiger partial charge in [-0.25, -0.2) is 0 Å². The smallest absolute Gasteiger partial charge is 0.100 e. The Kier molecular flexibility index (Phi) is 6.13. The first kappa shape index (κ1) is 18.3. The molecule has 0 atom stereocenters. The minimum Gasteiger partial charge on any atom is -0.501 e. The van der Waals surface area contributed by atoms with E-state index in [0.717, 1.165) is 31.0 Å². The minimum atomic E-state index is -0.222. The molecule has 2 aromatic rings. The van der Waals surface area contributed by atoms with Crippen LogP contribution in [0.3, 0.4) is 0 Å². The van der Waals surface area contributed by atoms with Gasteiger partial charge in [0.25, 0.3) is 0 Å². The second-order valence-corrected chi connectivity index (χ2v) is 6.63. The number of nitrogens with one attached hydrogen (secondary N) is 1. The summed E-state index contributed by atoms with van der Waals surface area (Å²) in [6.07, 6.45) is 6.13. The van der Waals surface area contributed by atoms with Crippen LogP contribution < -0.4 is 5.32 Å². The number of rotatable bonds is 8. The molecule has 0 saturated heterocycles. The van der Waals surface area contributed by atoms with Crippen LogP contribution in [-0.4, -0.2) is 20.8 Å². The Morgan fingerprint density at radius 2 is 1.42 bits per heavy atom. The maximum atomic E-state index is 5.60. The van der Waals surface area contributed by atoms with Gasteiger partial charge in [0.05, 0.1) is 20.6 Å². The molecule has 0 aliphatic heterocycles. The molecule has 0 spiro atoms. The largest absolute Gasteiger partial charge is 0.501 e. The normalized spacial score (nSPS) is 15.8. The van der Waals surface area contributed by atoms with Gasteiger partial charge in [-0.3, -0.25) is 0 Å². The van der Waals surface area contributed by atoms with E-state index in [1.54, 1.807) is 14.2 Å². The van der Waals surface area contributed by atoms with E-state index in [0.29, 0.717) is 6.42 Å². The van der Waals surface area contributed by atoms with Crippen molar-refractivity contribution in [1.82, 2.24) is 5.32 Å². The second kappa shape index (κ2) is 8.72. The van der Waals surface area contributed by atoms with Crippen molar-refractivity contribution in [3.63, 3.8) is 0 Å². The lowest BCUT2D eigenvalue weighted by Gasteiger charge is -2.33. The summed E-state index contributed by atoms with van der Waals surface area (Å²) in [6.45, 7) is 1.76. The fourth-order valence-electron chi connectivity index (χ4n) is 3.48. The van der Waals surface area contributed by atoms with Crippen LogP contribution in [0.25, 0.3) is 0 Å². The molecular weight excluding hydrogens is 322 g/mol. The minimum absolute atomic E-state index is 0.222. The third-order valence-electron chi connectivity index (χ3n) is 4.91. The molecule has 1 aliphatic carbocycles. The zero-order valence-corrected chi connectivity index (χ0v) is 15.6. The van der Waals surface area contributed by atoms with E-state index in [-0.39, 0.29) is 5.41 Å². The summed E-state index contributed by atoms with van der Waals surface area (Å²) in [4.78, 5) is 0. The van der Waals surface area contributed by atoms with Gasteiger partial charge in [0, 0.05) is 12.0 Å². The number of ether oxygens (including phenoxy) is 2. The monoisotopic (exact) mass is 349 g/mol. The summed E-state index contributed by atoms with van der Waals surface area (Å²) < 4.78 is 11.2. The van der Waals surface area contributed by atoms with Crippen LogP contribution in [0.2, 0.25) is 0 Å². The first-order valence-electron chi connectivity index (χ1n) is 9.07. The van der Waals surface area contributed by atoms with Crippen molar-refractivity contribution in [3.05, 3.63) is 95.5 Å². The Morgan fingerprint density at radius 1 is 0.846 bits per heavy atom. The molecule has 0 amide bonds. The van der Waals surface area contributed by atoms with Crippen LogP contribution in [0.4, 0.5) is 0 Å². The Labute approximate surface area is 156 Å². The predicted molar refractivity (Wildman–Crippen MR) is 106 cm³/mol. The Morgan fingerprint density at radius 3 is 2.00 bits per heavy atom. The van der Waals surface area contributed by atoms with E-state index >= 15 is 0 Å². The van der Waals surface area contributed by atoms with E-state index in [1.165, 1.54) is 11.1 Å². The molecule has 0 fully saturated rings. The molecule has 2 aromatic carbocycles. The Hall–Kier alpha value is -2.52. The van der Waals surface area contributed by atoms with Gasteiger partial charge in [-0.15, -0.1) is 0 Å². The highest BCUT2D eigenvalue weighted by atomic mass is 16.5. The zero-order valence-electron chi connectivity index (χ0n) is 15.6. The van der Waals surface area contributed by atoms with Gasteiger partial charge in [0.1, 0.15) is 11.5 Å². The van der Waals surface area contributed by atoms with Gasteiger partial charge in [-0.05, 0) is 36.2 Å². The van der Waals surface area contributed by atoms with E-state index in [1.807, 2.05) is 6.07 Å².